The fourth-order valence-corrected chi connectivity index (χ4v) is 11.6. The second-order valence-electron chi connectivity index (χ2n) is 17.4. The molecular weight excluding hydrogens is 500 g/mol. The maximum atomic E-state index is 13.0. The number of rotatable bonds is 3. The molecule has 8 unspecified atom stereocenters. The quantitative estimate of drug-likeness (QED) is 0.210. The average Bonchev–Trinajstić information content (AvgIpc) is 2.91. The minimum Gasteiger partial charge on any atom is -0.459 e. The lowest BCUT2D eigenvalue weighted by Crippen LogP contribution is -2.64. The van der Waals surface area contributed by atoms with Gasteiger partial charge in [0, 0.05) is 11.5 Å². The molecule has 0 aliphatic heterocycles. The molecule has 8 atom stereocenters. The molecule has 5 aliphatic carbocycles. The number of allylic oxidation sites excluding steroid dienone is 2. The van der Waals surface area contributed by atoms with E-state index in [0.717, 1.165) is 24.3 Å². The smallest absolute Gasteiger partial charge is 0.331 e. The molecule has 1 aromatic rings. The van der Waals surface area contributed by atoms with E-state index < -0.39 is 0 Å². The van der Waals surface area contributed by atoms with E-state index in [9.17, 15) is 4.79 Å². The van der Waals surface area contributed by atoms with Crippen LogP contribution < -0.4 is 0 Å². The second-order valence-corrected chi connectivity index (χ2v) is 17.4. The SMILES string of the molecule is CC1(C)CCC2(C)CCC3(C)C(=CCC4C5(C)CCC(OC(=O)/C=C/c6ccccc6)C(C)(C)C5CCC43C)C2C1. The third-order valence-electron chi connectivity index (χ3n) is 14.5. The maximum Gasteiger partial charge on any atom is 0.331 e. The molecule has 5 aliphatic rings. The van der Waals surface area contributed by atoms with Crippen molar-refractivity contribution >= 4 is 12.0 Å². The van der Waals surface area contributed by atoms with Gasteiger partial charge in [0.05, 0.1) is 0 Å². The van der Waals surface area contributed by atoms with E-state index in [1.807, 2.05) is 42.0 Å². The number of carbonyl (C=O) groups excluding carboxylic acids is 1. The van der Waals surface area contributed by atoms with Gasteiger partial charge in [-0.3, -0.25) is 0 Å². The summed E-state index contributed by atoms with van der Waals surface area (Å²) in [6.45, 7) is 20.5. The number of benzene rings is 1. The molecular formula is C39H56O2. The third kappa shape index (κ3) is 4.43. The minimum absolute atomic E-state index is 0.0250. The molecule has 2 heteroatoms. The molecule has 0 radical (unpaired) electrons. The fraction of sp³-hybridized carbons (Fsp3) is 0.718. The van der Waals surface area contributed by atoms with Gasteiger partial charge in [0.2, 0.25) is 0 Å². The minimum atomic E-state index is -0.199. The number of hydrogen-bond donors (Lipinski definition) is 0. The predicted octanol–water partition coefficient (Wildman–Crippen LogP) is 10.4. The summed E-state index contributed by atoms with van der Waals surface area (Å²) < 4.78 is 6.24. The van der Waals surface area contributed by atoms with E-state index >= 15 is 0 Å². The zero-order valence-corrected chi connectivity index (χ0v) is 27.3. The highest BCUT2D eigenvalue weighted by Crippen LogP contribution is 2.75. The zero-order valence-electron chi connectivity index (χ0n) is 27.3. The van der Waals surface area contributed by atoms with Crippen LogP contribution in [0.2, 0.25) is 0 Å². The van der Waals surface area contributed by atoms with Gasteiger partial charge >= 0.3 is 5.97 Å². The van der Waals surface area contributed by atoms with E-state index in [4.69, 9.17) is 4.74 Å². The molecule has 0 bridgehead atoms. The molecule has 1 aromatic carbocycles. The first-order valence-electron chi connectivity index (χ1n) is 16.8. The van der Waals surface area contributed by atoms with E-state index in [1.54, 1.807) is 6.08 Å². The first-order chi connectivity index (χ1) is 19.1. The molecule has 0 spiro atoms. The molecule has 0 heterocycles. The monoisotopic (exact) mass is 556 g/mol. The summed E-state index contributed by atoms with van der Waals surface area (Å²) in [5.74, 6) is 1.81. The Bertz CT molecular complexity index is 1240. The number of ether oxygens (including phenoxy) is 1. The molecule has 0 amide bonds. The summed E-state index contributed by atoms with van der Waals surface area (Å²) in [5.41, 5.74) is 4.72. The highest BCUT2D eigenvalue weighted by Gasteiger charge is 2.68. The molecule has 0 N–H and O–H groups in total. The molecule has 2 nitrogen and oxygen atoms in total. The highest BCUT2D eigenvalue weighted by atomic mass is 16.5. The summed E-state index contributed by atoms with van der Waals surface area (Å²) in [7, 11) is 0. The highest BCUT2D eigenvalue weighted by molar-refractivity contribution is 5.87. The predicted molar refractivity (Wildman–Crippen MR) is 170 cm³/mol. The topological polar surface area (TPSA) is 26.3 Å². The molecule has 0 saturated heterocycles. The molecule has 224 valence electrons. The number of carbonyl (C=O) groups is 1. The van der Waals surface area contributed by atoms with Crippen LogP contribution in [0.25, 0.3) is 6.08 Å². The molecule has 6 rings (SSSR count). The lowest BCUT2D eigenvalue weighted by molar-refractivity contribution is -0.210. The lowest BCUT2D eigenvalue weighted by atomic mass is 9.33. The summed E-state index contributed by atoms with van der Waals surface area (Å²) in [5, 5.41) is 0. The lowest BCUT2D eigenvalue weighted by Gasteiger charge is -2.71. The van der Waals surface area contributed by atoms with Crippen molar-refractivity contribution in [2.75, 3.05) is 0 Å². The molecule has 0 aromatic heterocycles. The Morgan fingerprint density at radius 1 is 0.829 bits per heavy atom. The van der Waals surface area contributed by atoms with Crippen molar-refractivity contribution in [3.8, 4) is 0 Å². The first-order valence-corrected chi connectivity index (χ1v) is 16.8. The van der Waals surface area contributed by atoms with Crippen molar-refractivity contribution in [3.63, 3.8) is 0 Å². The van der Waals surface area contributed by atoms with Gasteiger partial charge in [-0.1, -0.05) is 97.4 Å². The van der Waals surface area contributed by atoms with E-state index in [1.165, 1.54) is 51.4 Å². The fourth-order valence-electron chi connectivity index (χ4n) is 11.6. The van der Waals surface area contributed by atoms with Crippen LogP contribution in [0.5, 0.6) is 0 Å². The van der Waals surface area contributed by atoms with Gasteiger partial charge in [-0.05, 0) is 121 Å². The van der Waals surface area contributed by atoms with Crippen LogP contribution in [-0.4, -0.2) is 12.1 Å². The van der Waals surface area contributed by atoms with Crippen molar-refractivity contribution in [1.82, 2.24) is 0 Å². The Kier molecular flexibility index (Phi) is 6.84. The second kappa shape index (κ2) is 9.59. The van der Waals surface area contributed by atoms with Crippen LogP contribution in [0.15, 0.2) is 48.1 Å². The van der Waals surface area contributed by atoms with Gasteiger partial charge in [-0.25, -0.2) is 4.79 Å². The van der Waals surface area contributed by atoms with Crippen molar-refractivity contribution in [2.24, 2.45) is 50.2 Å². The van der Waals surface area contributed by atoms with Crippen LogP contribution >= 0.6 is 0 Å². The summed E-state index contributed by atoms with van der Waals surface area (Å²) >= 11 is 0. The van der Waals surface area contributed by atoms with Crippen LogP contribution in [0, 0.1) is 50.2 Å². The molecule has 4 fully saturated rings. The average molecular weight is 557 g/mol. The van der Waals surface area contributed by atoms with Crippen molar-refractivity contribution < 1.29 is 9.53 Å². The van der Waals surface area contributed by atoms with Gasteiger partial charge in [0.15, 0.2) is 0 Å². The van der Waals surface area contributed by atoms with Gasteiger partial charge in [0.1, 0.15) is 6.10 Å². The van der Waals surface area contributed by atoms with Gasteiger partial charge < -0.3 is 4.74 Å². The molecule has 4 saturated carbocycles. The Morgan fingerprint density at radius 3 is 2.27 bits per heavy atom. The summed E-state index contributed by atoms with van der Waals surface area (Å²) in [6, 6.07) is 10.0. The standard InChI is InChI=1S/C39H56O2/c1-34(2)22-23-36(5)24-25-38(7)28(29(36)26-34)15-16-31-37(6)20-19-32(35(3,4)30(37)18-21-39(31,38)8)41-33(40)17-14-27-12-10-9-11-13-27/h9-15,17,29-32H,16,18-26H2,1-8H3/b17-14+. The van der Waals surface area contributed by atoms with Crippen LogP contribution in [-0.2, 0) is 9.53 Å². The van der Waals surface area contributed by atoms with Crippen LogP contribution in [0.3, 0.4) is 0 Å². The number of hydrogen-bond acceptors (Lipinski definition) is 2. The van der Waals surface area contributed by atoms with E-state index in [2.05, 4.69) is 61.5 Å². The number of fused-ring (bicyclic) bond motifs is 7. The molecule has 41 heavy (non-hydrogen) atoms. The zero-order chi connectivity index (χ0) is 29.5. The van der Waals surface area contributed by atoms with Crippen LogP contribution in [0.4, 0.5) is 0 Å². The number of esters is 1. The maximum absolute atomic E-state index is 13.0. The van der Waals surface area contributed by atoms with Gasteiger partial charge in [-0.15, -0.1) is 0 Å². The summed E-state index contributed by atoms with van der Waals surface area (Å²) in [6.07, 6.45) is 19.1. The largest absolute Gasteiger partial charge is 0.459 e. The Balaban J connectivity index is 1.25. The Hall–Kier alpha value is -1.83. The van der Waals surface area contributed by atoms with Crippen LogP contribution in [0.1, 0.15) is 125 Å². The summed E-state index contributed by atoms with van der Waals surface area (Å²) in [4.78, 5) is 13.0. The van der Waals surface area contributed by atoms with E-state index in [-0.39, 0.29) is 22.9 Å². The van der Waals surface area contributed by atoms with Crippen molar-refractivity contribution in [2.45, 2.75) is 126 Å². The van der Waals surface area contributed by atoms with Gasteiger partial charge in [-0.2, -0.15) is 0 Å². The van der Waals surface area contributed by atoms with Gasteiger partial charge in [0.25, 0.3) is 0 Å². The third-order valence-corrected chi connectivity index (χ3v) is 14.5. The first kappa shape index (κ1) is 29.3. The Labute approximate surface area is 250 Å². The van der Waals surface area contributed by atoms with E-state index in [0.29, 0.717) is 33.5 Å². The Morgan fingerprint density at radius 2 is 1.54 bits per heavy atom. The normalized spacial score (nSPS) is 44.5. The van der Waals surface area contributed by atoms with Crippen molar-refractivity contribution in [1.29, 1.82) is 0 Å². The van der Waals surface area contributed by atoms with Crippen molar-refractivity contribution in [3.05, 3.63) is 53.6 Å².